The van der Waals surface area contributed by atoms with Crippen molar-refractivity contribution >= 4 is 22.1 Å². The Morgan fingerprint density at radius 1 is 1.10 bits per heavy atom. The second kappa shape index (κ2) is 6.95. The molecule has 0 aliphatic carbocycles. The molecule has 4 aromatic rings. The Morgan fingerprint density at radius 2 is 1.87 bits per heavy atom. The van der Waals surface area contributed by atoms with Crippen molar-refractivity contribution in [1.82, 2.24) is 19.3 Å². The van der Waals surface area contributed by atoms with Gasteiger partial charge in [-0.2, -0.15) is 0 Å². The standard InChI is InChI=1S/C23H25N5O2/c1-14-10-28-13-20(25-22(28)9-24-14)21-7-17-5-6-18(8-19(17)23(29)30-21)27-11-15(2)26(4)16(3)12-27/h5-10,13,15-16H,11-12H2,1-4H3/t15-,16+. The van der Waals surface area contributed by atoms with Crippen LogP contribution in [0.5, 0.6) is 0 Å². The SMILES string of the molecule is Cc1cn2cc(-c3cc4ccc(N5C[C@@H](C)N(C)[C@@H](C)C5)cc4c(=O)o3)nc2cn1. The highest BCUT2D eigenvalue weighted by atomic mass is 16.4. The molecule has 0 amide bonds. The molecule has 4 heterocycles. The third kappa shape index (κ3) is 3.15. The third-order valence-corrected chi connectivity index (χ3v) is 6.19. The van der Waals surface area contributed by atoms with E-state index in [9.17, 15) is 4.79 Å². The molecule has 2 atom stereocenters. The molecule has 154 valence electrons. The molecule has 1 fully saturated rings. The molecule has 3 aromatic heterocycles. The lowest BCUT2D eigenvalue weighted by Gasteiger charge is -2.43. The Hall–Kier alpha value is -3.19. The van der Waals surface area contributed by atoms with Crippen LogP contribution in [-0.2, 0) is 0 Å². The van der Waals surface area contributed by atoms with Crippen molar-refractivity contribution in [2.45, 2.75) is 32.9 Å². The highest BCUT2D eigenvalue weighted by Crippen LogP contribution is 2.27. The molecule has 0 unspecified atom stereocenters. The van der Waals surface area contributed by atoms with E-state index in [0.717, 1.165) is 29.9 Å². The first kappa shape index (κ1) is 18.8. The van der Waals surface area contributed by atoms with Gasteiger partial charge in [0.2, 0.25) is 0 Å². The minimum Gasteiger partial charge on any atom is -0.421 e. The number of aryl methyl sites for hydroxylation is 1. The minimum atomic E-state index is -0.342. The normalized spacial score (nSPS) is 20.3. The molecule has 0 spiro atoms. The molecule has 7 nitrogen and oxygen atoms in total. The smallest absolute Gasteiger partial charge is 0.344 e. The largest absolute Gasteiger partial charge is 0.421 e. The molecule has 0 radical (unpaired) electrons. The van der Waals surface area contributed by atoms with Gasteiger partial charge in [-0.1, -0.05) is 6.07 Å². The molecule has 7 heteroatoms. The summed E-state index contributed by atoms with van der Waals surface area (Å²) in [6, 6.07) is 8.84. The van der Waals surface area contributed by atoms with E-state index in [1.165, 1.54) is 0 Å². The topological polar surface area (TPSA) is 66.9 Å². The highest BCUT2D eigenvalue weighted by molar-refractivity contribution is 5.87. The van der Waals surface area contributed by atoms with Gasteiger partial charge in [-0.05, 0) is 51.4 Å². The van der Waals surface area contributed by atoms with E-state index < -0.39 is 0 Å². The summed E-state index contributed by atoms with van der Waals surface area (Å²) in [5.74, 6) is 0.462. The first-order chi connectivity index (χ1) is 14.4. The van der Waals surface area contributed by atoms with E-state index >= 15 is 0 Å². The van der Waals surface area contributed by atoms with Crippen LogP contribution < -0.4 is 10.5 Å². The molecule has 0 bridgehead atoms. The van der Waals surface area contributed by atoms with E-state index in [1.54, 1.807) is 6.20 Å². The average Bonchev–Trinajstić information content (AvgIpc) is 3.14. The van der Waals surface area contributed by atoms with Gasteiger partial charge in [0.1, 0.15) is 5.69 Å². The molecule has 1 aliphatic rings. The van der Waals surface area contributed by atoms with Crippen molar-refractivity contribution in [3.63, 3.8) is 0 Å². The maximum atomic E-state index is 12.8. The Balaban J connectivity index is 1.53. The van der Waals surface area contributed by atoms with Crippen LogP contribution >= 0.6 is 0 Å². The number of hydrogen-bond donors (Lipinski definition) is 0. The zero-order valence-corrected chi connectivity index (χ0v) is 17.7. The van der Waals surface area contributed by atoms with Gasteiger partial charge in [-0.15, -0.1) is 0 Å². The number of benzene rings is 1. The van der Waals surface area contributed by atoms with Crippen LogP contribution in [0.25, 0.3) is 27.9 Å². The van der Waals surface area contributed by atoms with E-state index in [1.807, 2.05) is 41.9 Å². The Bertz CT molecular complexity index is 1300. The summed E-state index contributed by atoms with van der Waals surface area (Å²) in [5.41, 5.74) is 2.94. The third-order valence-electron chi connectivity index (χ3n) is 6.19. The highest BCUT2D eigenvalue weighted by Gasteiger charge is 2.26. The van der Waals surface area contributed by atoms with Crippen LogP contribution in [0.1, 0.15) is 19.5 Å². The quantitative estimate of drug-likeness (QED) is 0.511. The molecular weight excluding hydrogens is 378 g/mol. The summed E-state index contributed by atoms with van der Waals surface area (Å²) >= 11 is 0. The summed E-state index contributed by atoms with van der Waals surface area (Å²) in [7, 11) is 2.17. The number of nitrogens with zero attached hydrogens (tertiary/aromatic N) is 5. The number of aromatic nitrogens is 3. The number of rotatable bonds is 2. The maximum absolute atomic E-state index is 12.8. The predicted octanol–water partition coefficient (Wildman–Crippen LogP) is 3.34. The Labute approximate surface area is 174 Å². The van der Waals surface area contributed by atoms with Gasteiger partial charge < -0.3 is 13.7 Å². The maximum Gasteiger partial charge on any atom is 0.344 e. The zero-order valence-electron chi connectivity index (χ0n) is 17.7. The lowest BCUT2D eigenvalue weighted by Crippen LogP contribution is -2.55. The Kier molecular flexibility index (Phi) is 4.36. The molecule has 30 heavy (non-hydrogen) atoms. The van der Waals surface area contributed by atoms with Crippen LogP contribution in [0.3, 0.4) is 0 Å². The van der Waals surface area contributed by atoms with Crippen molar-refractivity contribution in [3.05, 3.63) is 59.0 Å². The van der Waals surface area contributed by atoms with Crippen molar-refractivity contribution in [1.29, 1.82) is 0 Å². The molecule has 1 saturated heterocycles. The van der Waals surface area contributed by atoms with Crippen LogP contribution in [0.4, 0.5) is 5.69 Å². The van der Waals surface area contributed by atoms with E-state index in [2.05, 4.69) is 46.7 Å². The molecule has 0 N–H and O–H groups in total. The second-order valence-corrected chi connectivity index (χ2v) is 8.36. The van der Waals surface area contributed by atoms with Gasteiger partial charge in [0, 0.05) is 43.3 Å². The summed E-state index contributed by atoms with van der Waals surface area (Å²) in [6.07, 6.45) is 5.47. The summed E-state index contributed by atoms with van der Waals surface area (Å²) in [5, 5.41) is 1.45. The van der Waals surface area contributed by atoms with Crippen LogP contribution in [0.15, 0.2) is 52.1 Å². The first-order valence-corrected chi connectivity index (χ1v) is 10.3. The lowest BCUT2D eigenvalue weighted by atomic mass is 10.1. The summed E-state index contributed by atoms with van der Waals surface area (Å²) < 4.78 is 7.55. The minimum absolute atomic E-state index is 0.342. The van der Waals surface area contributed by atoms with Crippen molar-refractivity contribution in [2.75, 3.05) is 25.0 Å². The molecular formula is C23H25N5O2. The van der Waals surface area contributed by atoms with Crippen LogP contribution in [-0.4, -0.2) is 51.5 Å². The van der Waals surface area contributed by atoms with Crippen LogP contribution in [0, 0.1) is 6.92 Å². The van der Waals surface area contributed by atoms with E-state index in [0.29, 0.717) is 34.6 Å². The fraction of sp³-hybridized carbons (Fsp3) is 0.348. The van der Waals surface area contributed by atoms with Gasteiger partial charge in [0.15, 0.2) is 11.4 Å². The second-order valence-electron chi connectivity index (χ2n) is 8.36. The van der Waals surface area contributed by atoms with Gasteiger partial charge in [0.25, 0.3) is 0 Å². The molecule has 5 rings (SSSR count). The summed E-state index contributed by atoms with van der Waals surface area (Å²) in [4.78, 5) is 26.4. The van der Waals surface area contributed by atoms with Gasteiger partial charge in [-0.25, -0.2) is 9.78 Å². The van der Waals surface area contributed by atoms with Crippen LogP contribution in [0.2, 0.25) is 0 Å². The number of likely N-dealkylation sites (N-methyl/N-ethyl adjacent to an activating group) is 1. The monoisotopic (exact) mass is 403 g/mol. The number of anilines is 1. The number of hydrogen-bond acceptors (Lipinski definition) is 6. The van der Waals surface area contributed by atoms with Crippen molar-refractivity contribution in [2.24, 2.45) is 0 Å². The van der Waals surface area contributed by atoms with Crippen molar-refractivity contribution < 1.29 is 4.42 Å². The molecule has 1 aromatic carbocycles. The van der Waals surface area contributed by atoms with Gasteiger partial charge in [-0.3, -0.25) is 9.88 Å². The molecule has 0 saturated carbocycles. The molecule has 1 aliphatic heterocycles. The summed E-state index contributed by atoms with van der Waals surface area (Å²) in [6.45, 7) is 8.26. The number of fused-ring (bicyclic) bond motifs is 2. The number of piperazine rings is 1. The predicted molar refractivity (Wildman–Crippen MR) is 118 cm³/mol. The zero-order chi connectivity index (χ0) is 21.0. The van der Waals surface area contributed by atoms with Gasteiger partial charge in [0.05, 0.1) is 17.3 Å². The van der Waals surface area contributed by atoms with E-state index in [4.69, 9.17) is 4.42 Å². The lowest BCUT2D eigenvalue weighted by molar-refractivity contribution is 0.170. The fourth-order valence-corrected chi connectivity index (χ4v) is 4.23. The Morgan fingerprint density at radius 3 is 2.63 bits per heavy atom. The van der Waals surface area contributed by atoms with Crippen molar-refractivity contribution in [3.8, 4) is 11.5 Å². The first-order valence-electron chi connectivity index (χ1n) is 10.3. The number of imidazole rings is 1. The average molecular weight is 403 g/mol. The van der Waals surface area contributed by atoms with E-state index in [-0.39, 0.29) is 5.63 Å². The van der Waals surface area contributed by atoms with Gasteiger partial charge >= 0.3 is 5.63 Å². The fourth-order valence-electron chi connectivity index (χ4n) is 4.23.